The number of fused-ring (bicyclic) bond motifs is 3. The van der Waals surface area contributed by atoms with Gasteiger partial charge >= 0.3 is 0 Å². The predicted molar refractivity (Wildman–Crippen MR) is 157 cm³/mol. The molecule has 1 aromatic heterocycles. The second kappa shape index (κ2) is 10.3. The minimum Gasteiger partial charge on any atom is -0.497 e. The molecule has 204 valence electrons. The standard InChI is InChI=1S/C29H27N5O5S/c1-35-19-12-10-17(11-13-19)28-31-33(18-14-23(37-3)27(39-5)24(15-18)38-4)34(32-28)29-30-26-21-9-7-6-8-20(21)22(36-2)16-25(26)40-29/h6-16H,1-5H3,(H,31,32). The summed E-state index contributed by atoms with van der Waals surface area (Å²) in [5.41, 5.74) is 5.84. The third-order valence-electron chi connectivity index (χ3n) is 6.59. The van der Waals surface area contributed by atoms with E-state index in [0.717, 1.165) is 38.1 Å². The molecule has 6 rings (SSSR count). The number of hydrogen-bond acceptors (Lipinski definition) is 11. The molecule has 11 heteroatoms. The van der Waals surface area contributed by atoms with Gasteiger partial charge in [0.2, 0.25) is 10.9 Å². The van der Waals surface area contributed by atoms with Gasteiger partial charge in [0.25, 0.3) is 0 Å². The van der Waals surface area contributed by atoms with Crippen LogP contribution in [0.2, 0.25) is 0 Å². The van der Waals surface area contributed by atoms with Crippen LogP contribution in [0.3, 0.4) is 0 Å². The van der Waals surface area contributed by atoms with Gasteiger partial charge in [0.1, 0.15) is 11.5 Å². The van der Waals surface area contributed by atoms with Crippen molar-refractivity contribution in [1.29, 1.82) is 0 Å². The molecule has 0 amide bonds. The number of methoxy groups -OCH3 is 5. The second-order valence-corrected chi connectivity index (χ2v) is 9.75. The van der Waals surface area contributed by atoms with Crippen LogP contribution < -0.4 is 39.3 Å². The third kappa shape index (κ3) is 4.20. The summed E-state index contributed by atoms with van der Waals surface area (Å²) in [5.74, 6) is 3.68. The fourth-order valence-electron chi connectivity index (χ4n) is 4.64. The Morgan fingerprint density at radius 2 is 1.40 bits per heavy atom. The van der Waals surface area contributed by atoms with Gasteiger partial charge in [0.05, 0.1) is 51.5 Å². The number of aromatic nitrogens is 1. The fourth-order valence-corrected chi connectivity index (χ4v) is 5.60. The highest BCUT2D eigenvalue weighted by molar-refractivity contribution is 7.22. The van der Waals surface area contributed by atoms with E-state index < -0.39 is 0 Å². The minimum atomic E-state index is 0.491. The molecule has 0 unspecified atom stereocenters. The number of hydrazine groups is 2. The van der Waals surface area contributed by atoms with E-state index in [1.165, 1.54) is 11.3 Å². The number of hydrazone groups is 1. The lowest BCUT2D eigenvalue weighted by Crippen LogP contribution is -2.44. The largest absolute Gasteiger partial charge is 0.497 e. The van der Waals surface area contributed by atoms with Gasteiger partial charge in [0, 0.05) is 34.5 Å². The van der Waals surface area contributed by atoms with Crippen LogP contribution in [0.25, 0.3) is 21.0 Å². The van der Waals surface area contributed by atoms with E-state index in [1.807, 2.05) is 60.7 Å². The highest BCUT2D eigenvalue weighted by atomic mass is 32.1. The van der Waals surface area contributed by atoms with Crippen LogP contribution in [0.1, 0.15) is 5.56 Å². The van der Waals surface area contributed by atoms with Crippen molar-refractivity contribution in [2.24, 2.45) is 5.10 Å². The topological polar surface area (TPSA) is 89.9 Å². The van der Waals surface area contributed by atoms with Gasteiger partial charge in [-0.2, -0.15) is 0 Å². The quantitative estimate of drug-likeness (QED) is 0.262. The Morgan fingerprint density at radius 1 is 0.725 bits per heavy atom. The first-order chi connectivity index (χ1) is 19.6. The zero-order chi connectivity index (χ0) is 27.8. The monoisotopic (exact) mass is 557 g/mol. The highest BCUT2D eigenvalue weighted by Crippen LogP contribution is 2.44. The summed E-state index contributed by atoms with van der Waals surface area (Å²) in [5, 5.41) is 11.1. The van der Waals surface area contributed by atoms with E-state index in [2.05, 4.69) is 11.5 Å². The zero-order valence-corrected chi connectivity index (χ0v) is 23.4. The first-order valence-corrected chi connectivity index (χ1v) is 13.2. The van der Waals surface area contributed by atoms with Gasteiger partial charge in [-0.05, 0) is 24.3 Å². The van der Waals surface area contributed by atoms with Gasteiger partial charge < -0.3 is 23.7 Å². The lowest BCUT2D eigenvalue weighted by atomic mass is 10.1. The van der Waals surface area contributed by atoms with Crippen molar-refractivity contribution in [3.8, 4) is 28.7 Å². The van der Waals surface area contributed by atoms with Crippen molar-refractivity contribution in [3.63, 3.8) is 0 Å². The van der Waals surface area contributed by atoms with Crippen molar-refractivity contribution in [1.82, 2.24) is 10.4 Å². The average molecular weight is 558 g/mol. The molecular weight excluding hydrogens is 530 g/mol. The van der Waals surface area contributed by atoms with Crippen molar-refractivity contribution in [2.45, 2.75) is 0 Å². The number of nitrogens with zero attached hydrogens (tertiary/aromatic N) is 4. The molecule has 10 nitrogen and oxygen atoms in total. The van der Waals surface area contributed by atoms with Crippen LogP contribution in [0.5, 0.6) is 28.7 Å². The smallest absolute Gasteiger partial charge is 0.228 e. The summed E-state index contributed by atoms with van der Waals surface area (Å²) in [4.78, 5) is 5.05. The number of rotatable bonds is 8. The van der Waals surface area contributed by atoms with Crippen molar-refractivity contribution < 1.29 is 23.7 Å². The maximum atomic E-state index is 5.69. The summed E-state index contributed by atoms with van der Waals surface area (Å²) >= 11 is 1.52. The molecule has 0 radical (unpaired) electrons. The minimum absolute atomic E-state index is 0.491. The first kappa shape index (κ1) is 25.4. The molecule has 1 N–H and O–H groups in total. The molecule has 0 saturated heterocycles. The Hall–Kier alpha value is -4.90. The predicted octanol–water partition coefficient (Wildman–Crippen LogP) is 5.60. The van der Waals surface area contributed by atoms with E-state index in [0.29, 0.717) is 33.9 Å². The lowest BCUT2D eigenvalue weighted by Gasteiger charge is -2.26. The number of benzene rings is 4. The maximum absolute atomic E-state index is 5.69. The van der Waals surface area contributed by atoms with Crippen LogP contribution in [0.4, 0.5) is 10.8 Å². The molecule has 2 heterocycles. The van der Waals surface area contributed by atoms with E-state index in [4.69, 9.17) is 33.8 Å². The second-order valence-electron chi connectivity index (χ2n) is 8.74. The Morgan fingerprint density at radius 3 is 2.02 bits per heavy atom. The molecule has 0 fully saturated rings. The molecule has 0 atom stereocenters. The molecule has 0 spiro atoms. The summed E-state index contributed by atoms with van der Waals surface area (Å²) in [6.45, 7) is 0. The molecule has 0 saturated carbocycles. The van der Waals surface area contributed by atoms with Crippen LogP contribution in [0, 0.1) is 0 Å². The SMILES string of the molecule is COc1ccc(C2=NN(c3cc(OC)c(OC)c(OC)c3)N(c3nc4c(cc(OC)c5ccccc54)s3)N2)cc1. The number of nitrogens with one attached hydrogen (secondary N) is 1. The third-order valence-corrected chi connectivity index (χ3v) is 7.57. The van der Waals surface area contributed by atoms with Gasteiger partial charge in [-0.1, -0.05) is 35.6 Å². The summed E-state index contributed by atoms with van der Waals surface area (Å²) in [6, 6.07) is 21.4. The molecule has 40 heavy (non-hydrogen) atoms. The molecule has 0 bridgehead atoms. The van der Waals surface area contributed by atoms with Gasteiger partial charge in [-0.15, -0.1) is 15.3 Å². The number of hydrogen-bond donors (Lipinski definition) is 1. The first-order valence-electron chi connectivity index (χ1n) is 12.3. The normalized spacial score (nSPS) is 12.9. The lowest BCUT2D eigenvalue weighted by molar-refractivity contribution is 0.324. The zero-order valence-electron chi connectivity index (χ0n) is 22.6. The van der Waals surface area contributed by atoms with E-state index >= 15 is 0 Å². The number of anilines is 2. The Kier molecular flexibility index (Phi) is 6.56. The molecule has 1 aliphatic rings. The van der Waals surface area contributed by atoms with Gasteiger partial charge in [0.15, 0.2) is 17.3 Å². The van der Waals surface area contributed by atoms with Gasteiger partial charge in [-0.25, -0.2) is 4.98 Å². The van der Waals surface area contributed by atoms with Gasteiger partial charge in [-0.3, -0.25) is 5.43 Å². The molecular formula is C29H27N5O5S. The van der Waals surface area contributed by atoms with Crippen molar-refractivity contribution in [2.75, 3.05) is 45.8 Å². The molecule has 1 aliphatic heterocycles. The van der Waals surface area contributed by atoms with E-state index in [1.54, 1.807) is 45.8 Å². The number of amidine groups is 1. The van der Waals surface area contributed by atoms with Crippen LogP contribution >= 0.6 is 11.3 Å². The van der Waals surface area contributed by atoms with Crippen LogP contribution in [0.15, 0.2) is 71.8 Å². The van der Waals surface area contributed by atoms with E-state index in [9.17, 15) is 0 Å². The number of thiazole rings is 1. The number of ether oxygens (including phenoxy) is 5. The Labute approximate surface area is 234 Å². The maximum Gasteiger partial charge on any atom is 0.228 e. The summed E-state index contributed by atoms with van der Waals surface area (Å²) in [7, 11) is 8.06. The molecule has 0 aliphatic carbocycles. The van der Waals surface area contributed by atoms with E-state index in [-0.39, 0.29) is 0 Å². The summed E-state index contributed by atoms with van der Waals surface area (Å²) in [6.07, 6.45) is 0. The average Bonchev–Trinajstić information content (AvgIpc) is 3.65. The fraction of sp³-hybridized carbons (Fsp3) is 0.172. The summed E-state index contributed by atoms with van der Waals surface area (Å²) < 4.78 is 28.8. The highest BCUT2D eigenvalue weighted by Gasteiger charge is 2.31. The van der Waals surface area contributed by atoms with Crippen LogP contribution in [-0.2, 0) is 0 Å². The van der Waals surface area contributed by atoms with Crippen LogP contribution in [-0.4, -0.2) is 46.4 Å². The van der Waals surface area contributed by atoms with Crippen molar-refractivity contribution >= 4 is 49.0 Å². The molecule has 5 aromatic rings. The Bertz CT molecular complexity index is 1710. The Balaban J connectivity index is 1.51. The van der Waals surface area contributed by atoms with Crippen molar-refractivity contribution in [3.05, 3.63) is 72.3 Å². The molecule has 4 aromatic carbocycles.